The highest BCUT2D eigenvalue weighted by Gasteiger charge is 2.65. The summed E-state index contributed by atoms with van der Waals surface area (Å²) in [5, 5.41) is 0. The molecule has 0 amide bonds. The molecule has 0 saturated carbocycles. The van der Waals surface area contributed by atoms with Crippen LogP contribution in [0.15, 0.2) is 12.7 Å². The largest absolute Gasteiger partial charge is 0.466 e. The van der Waals surface area contributed by atoms with Crippen molar-refractivity contribution in [3.05, 3.63) is 12.7 Å². The lowest BCUT2D eigenvalue weighted by atomic mass is 9.74. The maximum atomic E-state index is 12.3. The summed E-state index contributed by atoms with van der Waals surface area (Å²) in [4.78, 5) is 12.3. The topological polar surface area (TPSA) is 72.5 Å². The lowest BCUT2D eigenvalue weighted by Gasteiger charge is -2.37. The first-order valence-electron chi connectivity index (χ1n) is 8.74. The van der Waals surface area contributed by atoms with Crippen molar-refractivity contribution >= 4 is 5.97 Å². The van der Waals surface area contributed by atoms with Crippen molar-refractivity contribution in [2.45, 2.75) is 77.2 Å². The molecule has 0 aromatic rings. The van der Waals surface area contributed by atoms with Crippen LogP contribution >= 0.6 is 0 Å². The van der Waals surface area contributed by atoms with E-state index in [2.05, 4.69) is 6.58 Å². The summed E-state index contributed by atoms with van der Waals surface area (Å²) >= 11 is 0. The van der Waals surface area contributed by atoms with E-state index in [0.29, 0.717) is 13.2 Å². The monoisotopic (exact) mass is 356 g/mol. The van der Waals surface area contributed by atoms with E-state index in [9.17, 15) is 4.79 Å². The Morgan fingerprint density at radius 3 is 2.44 bits per heavy atom. The van der Waals surface area contributed by atoms with Crippen molar-refractivity contribution in [1.82, 2.24) is 0 Å². The zero-order valence-corrected chi connectivity index (χ0v) is 15.6. The van der Waals surface area contributed by atoms with E-state index in [1.807, 2.05) is 27.7 Å². The number of carbonyl (C=O) groups excluding carboxylic acids is 1. The smallest absolute Gasteiger partial charge is 0.306 e. The van der Waals surface area contributed by atoms with Crippen molar-refractivity contribution in [1.29, 1.82) is 0 Å². The number of rotatable bonds is 5. The molecule has 3 fully saturated rings. The van der Waals surface area contributed by atoms with Crippen LogP contribution < -0.4 is 0 Å². The number of ether oxygens (including phenoxy) is 6. The Morgan fingerprint density at radius 2 is 1.88 bits per heavy atom. The van der Waals surface area contributed by atoms with Crippen molar-refractivity contribution < 1.29 is 33.2 Å². The molecule has 0 aromatic heterocycles. The van der Waals surface area contributed by atoms with E-state index in [1.54, 1.807) is 13.0 Å². The van der Waals surface area contributed by atoms with Gasteiger partial charge >= 0.3 is 5.97 Å². The Kier molecular flexibility index (Phi) is 4.75. The fraction of sp³-hybridized carbons (Fsp3) is 0.833. The Hall–Kier alpha value is -0.990. The van der Waals surface area contributed by atoms with E-state index < -0.39 is 35.5 Å². The maximum Gasteiger partial charge on any atom is 0.306 e. The second kappa shape index (κ2) is 6.32. The van der Waals surface area contributed by atoms with Gasteiger partial charge in [0.2, 0.25) is 0 Å². The van der Waals surface area contributed by atoms with Gasteiger partial charge in [-0.25, -0.2) is 0 Å². The lowest BCUT2D eigenvalue weighted by molar-refractivity contribution is -0.234. The molecule has 25 heavy (non-hydrogen) atoms. The summed E-state index contributed by atoms with van der Waals surface area (Å²) < 4.78 is 35.0. The molecule has 0 spiro atoms. The average molecular weight is 356 g/mol. The Morgan fingerprint density at radius 1 is 1.16 bits per heavy atom. The van der Waals surface area contributed by atoms with Gasteiger partial charge in [0.25, 0.3) is 0 Å². The van der Waals surface area contributed by atoms with E-state index in [4.69, 9.17) is 28.4 Å². The molecule has 0 aromatic carbocycles. The normalized spacial score (nSPS) is 41.5. The summed E-state index contributed by atoms with van der Waals surface area (Å²) in [7, 11) is 0. The van der Waals surface area contributed by atoms with Crippen LogP contribution in [0.3, 0.4) is 0 Å². The molecule has 3 heterocycles. The molecule has 0 unspecified atom stereocenters. The highest BCUT2D eigenvalue weighted by Crippen LogP contribution is 2.53. The zero-order valence-electron chi connectivity index (χ0n) is 15.6. The van der Waals surface area contributed by atoms with Crippen LogP contribution in [0.2, 0.25) is 0 Å². The van der Waals surface area contributed by atoms with Crippen LogP contribution in [0, 0.1) is 5.41 Å². The van der Waals surface area contributed by atoms with Gasteiger partial charge in [0, 0.05) is 0 Å². The Bertz CT molecular complexity index is 544. The fourth-order valence-corrected chi connectivity index (χ4v) is 3.89. The van der Waals surface area contributed by atoms with Crippen LogP contribution in [0.1, 0.15) is 41.0 Å². The number of hydrogen-bond donors (Lipinski definition) is 0. The average Bonchev–Trinajstić information content (AvgIpc) is 3.09. The molecule has 0 N–H and O–H groups in total. The quantitative estimate of drug-likeness (QED) is 0.552. The number of hydrogen-bond acceptors (Lipinski definition) is 7. The summed E-state index contributed by atoms with van der Waals surface area (Å²) in [6.45, 7) is 13.8. The second-order valence-corrected chi connectivity index (χ2v) is 7.65. The van der Waals surface area contributed by atoms with Gasteiger partial charge in [0.05, 0.1) is 25.0 Å². The van der Waals surface area contributed by atoms with Crippen molar-refractivity contribution in [3.8, 4) is 0 Å². The van der Waals surface area contributed by atoms with Gasteiger partial charge in [-0.1, -0.05) is 6.08 Å². The predicted octanol–water partition coefficient (Wildman–Crippen LogP) is 2.14. The summed E-state index contributed by atoms with van der Waals surface area (Å²) in [5.41, 5.74) is -0.820. The molecule has 3 aliphatic rings. The Labute approximate surface area is 148 Å². The third kappa shape index (κ3) is 3.36. The molecule has 5 atom stereocenters. The molecular weight excluding hydrogens is 328 g/mol. The van der Waals surface area contributed by atoms with E-state index in [0.717, 1.165) is 0 Å². The maximum absolute atomic E-state index is 12.3. The van der Waals surface area contributed by atoms with E-state index in [-0.39, 0.29) is 18.5 Å². The summed E-state index contributed by atoms with van der Waals surface area (Å²) in [6, 6.07) is 0. The molecule has 7 heteroatoms. The van der Waals surface area contributed by atoms with E-state index >= 15 is 0 Å². The molecule has 7 nitrogen and oxygen atoms in total. The van der Waals surface area contributed by atoms with Gasteiger partial charge in [0.15, 0.2) is 17.9 Å². The minimum Gasteiger partial charge on any atom is -0.466 e. The first-order chi connectivity index (χ1) is 11.6. The van der Waals surface area contributed by atoms with Crippen LogP contribution in [-0.2, 0) is 33.2 Å². The van der Waals surface area contributed by atoms with Crippen LogP contribution in [0.5, 0.6) is 0 Å². The first kappa shape index (κ1) is 18.8. The number of fused-ring (bicyclic) bond motifs is 1. The highest BCUT2D eigenvalue weighted by atomic mass is 16.8. The molecule has 3 saturated heterocycles. The highest BCUT2D eigenvalue weighted by molar-refractivity contribution is 5.71. The minimum absolute atomic E-state index is 0.0793. The molecule has 3 rings (SSSR count). The zero-order chi connectivity index (χ0) is 18.5. The van der Waals surface area contributed by atoms with Crippen molar-refractivity contribution in [3.63, 3.8) is 0 Å². The predicted molar refractivity (Wildman–Crippen MR) is 87.5 cm³/mol. The standard InChI is InChI=1S/C18H28O7/c1-7-18(9-12(19)20-8-2)13(11-10-21-16(3,4)23-11)22-15-14(18)24-17(5,6)25-15/h7,11,13-15H,1,8-10H2,2-6H3/t11-,13-,14+,15-,18+/m1/s1. The number of carbonyl (C=O) groups is 1. The number of esters is 1. The van der Waals surface area contributed by atoms with Gasteiger partial charge in [0.1, 0.15) is 18.3 Å². The molecule has 0 aliphatic carbocycles. The molecule has 0 bridgehead atoms. The van der Waals surface area contributed by atoms with Gasteiger partial charge < -0.3 is 28.4 Å². The fourth-order valence-electron chi connectivity index (χ4n) is 3.89. The van der Waals surface area contributed by atoms with Gasteiger partial charge in [-0.05, 0) is 34.6 Å². The molecule has 3 aliphatic heterocycles. The summed E-state index contributed by atoms with van der Waals surface area (Å²) in [5.74, 6) is -1.83. The van der Waals surface area contributed by atoms with Gasteiger partial charge in [-0.15, -0.1) is 6.58 Å². The van der Waals surface area contributed by atoms with Crippen molar-refractivity contribution in [2.24, 2.45) is 5.41 Å². The van der Waals surface area contributed by atoms with E-state index in [1.165, 1.54) is 0 Å². The first-order valence-corrected chi connectivity index (χ1v) is 8.74. The SMILES string of the molecule is C=C[C@]1(CC(=O)OCC)[C@@H]([C@H]2COC(C)(C)O2)O[C@@H]2OC(C)(C)O[C@@H]21. The molecule has 0 radical (unpaired) electrons. The molecule has 142 valence electrons. The van der Waals surface area contributed by atoms with Gasteiger partial charge in [-0.2, -0.15) is 0 Å². The lowest BCUT2D eigenvalue weighted by Crippen LogP contribution is -2.48. The van der Waals surface area contributed by atoms with Gasteiger partial charge in [-0.3, -0.25) is 4.79 Å². The van der Waals surface area contributed by atoms with Crippen LogP contribution in [-0.4, -0.2) is 55.4 Å². The molecular formula is C18H28O7. The minimum atomic E-state index is -0.820. The third-order valence-corrected chi connectivity index (χ3v) is 4.90. The summed E-state index contributed by atoms with van der Waals surface area (Å²) in [6.07, 6.45) is -0.110. The van der Waals surface area contributed by atoms with Crippen LogP contribution in [0.25, 0.3) is 0 Å². The third-order valence-electron chi connectivity index (χ3n) is 4.90. The van der Waals surface area contributed by atoms with Crippen molar-refractivity contribution in [2.75, 3.05) is 13.2 Å². The Balaban J connectivity index is 1.91. The van der Waals surface area contributed by atoms with Crippen LogP contribution in [0.4, 0.5) is 0 Å². The second-order valence-electron chi connectivity index (χ2n) is 7.65.